The number of carboxylic acid groups (broad SMARTS) is 1. The number of methoxy groups -OCH3 is 1. The van der Waals surface area contributed by atoms with Crippen LogP contribution in [0.3, 0.4) is 0 Å². The van der Waals surface area contributed by atoms with Crippen molar-refractivity contribution in [1.82, 2.24) is 0 Å². The van der Waals surface area contributed by atoms with Gasteiger partial charge in [-0.3, -0.25) is 4.79 Å². The van der Waals surface area contributed by atoms with E-state index < -0.39 is 11.9 Å². The largest absolute Gasteiger partial charge is 0.497 e. The fourth-order valence-corrected chi connectivity index (χ4v) is 4.64. The molecular weight excluding hydrogens is 419 g/mol. The Morgan fingerprint density at radius 2 is 1.76 bits per heavy atom. The third kappa shape index (κ3) is 4.11. The van der Waals surface area contributed by atoms with E-state index in [4.69, 9.17) is 9.15 Å². The minimum atomic E-state index is -0.764. The topological polar surface area (TPSA) is 59.7 Å². The molecule has 1 heterocycles. The van der Waals surface area contributed by atoms with Gasteiger partial charge in [0.15, 0.2) is 0 Å². The van der Waals surface area contributed by atoms with Gasteiger partial charge in [-0.15, -0.1) is 0 Å². The molecule has 33 heavy (non-hydrogen) atoms. The van der Waals surface area contributed by atoms with Crippen LogP contribution in [0.4, 0.5) is 4.39 Å². The molecule has 5 rings (SSSR count). The van der Waals surface area contributed by atoms with Gasteiger partial charge in [0.05, 0.1) is 13.0 Å². The van der Waals surface area contributed by atoms with Gasteiger partial charge in [-0.1, -0.05) is 43.3 Å². The Hall–Kier alpha value is -3.60. The Kier molecular flexibility index (Phi) is 5.41. The molecule has 0 spiro atoms. The minimum absolute atomic E-state index is 0.00232. The second-order valence-corrected chi connectivity index (χ2v) is 8.82. The second kappa shape index (κ2) is 8.39. The third-order valence-electron chi connectivity index (χ3n) is 6.64. The van der Waals surface area contributed by atoms with Crippen LogP contribution < -0.4 is 4.74 Å². The lowest BCUT2D eigenvalue weighted by Gasteiger charge is -2.21. The van der Waals surface area contributed by atoms with E-state index in [0.29, 0.717) is 23.0 Å². The predicted molar refractivity (Wildman–Crippen MR) is 126 cm³/mol. The van der Waals surface area contributed by atoms with Gasteiger partial charge in [0, 0.05) is 16.5 Å². The summed E-state index contributed by atoms with van der Waals surface area (Å²) in [5.41, 5.74) is 3.88. The van der Waals surface area contributed by atoms with Gasteiger partial charge in [-0.2, -0.15) is 0 Å². The average Bonchev–Trinajstić information content (AvgIpc) is 3.56. The number of carboxylic acids is 1. The number of hydrogen-bond acceptors (Lipinski definition) is 3. The third-order valence-corrected chi connectivity index (χ3v) is 6.64. The number of rotatable bonds is 7. The molecule has 1 aliphatic rings. The molecule has 0 saturated heterocycles. The van der Waals surface area contributed by atoms with Gasteiger partial charge in [0.1, 0.15) is 22.9 Å². The van der Waals surface area contributed by atoms with Crippen LogP contribution in [0.25, 0.3) is 33.4 Å². The summed E-state index contributed by atoms with van der Waals surface area (Å²) in [7, 11) is 1.56. The van der Waals surface area contributed by atoms with Crippen LogP contribution in [0.5, 0.6) is 5.75 Å². The van der Waals surface area contributed by atoms with Crippen molar-refractivity contribution in [3.63, 3.8) is 0 Å². The molecule has 4 aromatic rings. The van der Waals surface area contributed by atoms with E-state index in [2.05, 4.69) is 0 Å². The highest BCUT2D eigenvalue weighted by atomic mass is 19.1. The Labute approximate surface area is 191 Å². The van der Waals surface area contributed by atoms with Crippen LogP contribution in [0.1, 0.15) is 31.2 Å². The van der Waals surface area contributed by atoms with Gasteiger partial charge >= 0.3 is 5.97 Å². The van der Waals surface area contributed by atoms with Crippen LogP contribution in [0.2, 0.25) is 0 Å². The standard InChI is InChI=1S/C28H25FO4/c1-16(28(30)31)27(19-7-8-19)21-10-9-20-13-25(33-26(20)14-21)18-5-3-17(4-6-18)23-15-22(32-2)11-12-24(23)29/h3-6,9-16,19,27H,7-8H2,1-2H3,(H,30,31)/t16-,27-/m0/s1. The molecule has 1 saturated carbocycles. The molecule has 1 fully saturated rings. The van der Waals surface area contributed by atoms with Crippen molar-refractivity contribution in [3.8, 4) is 28.2 Å². The smallest absolute Gasteiger partial charge is 0.306 e. The van der Waals surface area contributed by atoms with Gasteiger partial charge in [0.2, 0.25) is 0 Å². The first-order valence-electron chi connectivity index (χ1n) is 11.1. The van der Waals surface area contributed by atoms with Crippen LogP contribution in [-0.4, -0.2) is 18.2 Å². The molecule has 1 aromatic heterocycles. The molecule has 168 valence electrons. The molecule has 1 aliphatic carbocycles. The van der Waals surface area contributed by atoms with E-state index in [-0.39, 0.29) is 11.7 Å². The van der Waals surface area contributed by atoms with Gasteiger partial charge in [-0.05, 0) is 66.1 Å². The maximum Gasteiger partial charge on any atom is 0.306 e. The Balaban J connectivity index is 1.45. The summed E-state index contributed by atoms with van der Waals surface area (Å²) in [5.74, 6) is 0.235. The number of carbonyl (C=O) groups is 1. The maximum atomic E-state index is 14.3. The highest BCUT2D eigenvalue weighted by Gasteiger charge is 2.38. The molecule has 0 bridgehead atoms. The first kappa shape index (κ1) is 21.3. The SMILES string of the molecule is COc1ccc(F)c(-c2ccc(-c3cc4ccc([C@H](C5CC5)[C@H](C)C(=O)O)cc4o3)cc2)c1. The zero-order valence-corrected chi connectivity index (χ0v) is 18.5. The van der Waals surface area contributed by atoms with Crippen molar-refractivity contribution in [2.45, 2.75) is 25.7 Å². The number of fused-ring (bicyclic) bond motifs is 1. The number of ether oxygens (including phenoxy) is 1. The number of furan rings is 1. The van der Waals surface area contributed by atoms with E-state index in [1.54, 1.807) is 26.2 Å². The van der Waals surface area contributed by atoms with Crippen LogP contribution >= 0.6 is 0 Å². The highest BCUT2D eigenvalue weighted by Crippen LogP contribution is 2.47. The lowest BCUT2D eigenvalue weighted by molar-refractivity contribution is -0.142. The van der Waals surface area contributed by atoms with Crippen LogP contribution in [0, 0.1) is 17.7 Å². The van der Waals surface area contributed by atoms with Gasteiger partial charge in [-0.25, -0.2) is 4.39 Å². The summed E-state index contributed by atoms with van der Waals surface area (Å²) in [6.45, 7) is 1.79. The van der Waals surface area contributed by atoms with E-state index >= 15 is 0 Å². The maximum absolute atomic E-state index is 14.3. The van der Waals surface area contributed by atoms with Crippen molar-refractivity contribution >= 4 is 16.9 Å². The molecule has 0 aliphatic heterocycles. The molecule has 0 amide bonds. The quantitative estimate of drug-likeness (QED) is 0.329. The summed E-state index contributed by atoms with van der Waals surface area (Å²) in [6.07, 6.45) is 2.15. The van der Waals surface area contributed by atoms with E-state index in [9.17, 15) is 14.3 Å². The number of hydrogen-bond donors (Lipinski definition) is 1. The fourth-order valence-electron chi connectivity index (χ4n) is 4.64. The lowest BCUT2D eigenvalue weighted by Crippen LogP contribution is -2.20. The molecular formula is C28H25FO4. The van der Waals surface area contributed by atoms with Crippen LogP contribution in [-0.2, 0) is 4.79 Å². The molecule has 1 N–H and O–H groups in total. The highest BCUT2D eigenvalue weighted by molar-refractivity contribution is 5.84. The second-order valence-electron chi connectivity index (χ2n) is 8.82. The Bertz CT molecular complexity index is 1320. The van der Waals surface area contributed by atoms with Crippen molar-refractivity contribution in [2.75, 3.05) is 7.11 Å². The normalized spacial score (nSPS) is 15.4. The molecule has 2 atom stereocenters. The summed E-state index contributed by atoms with van der Waals surface area (Å²) in [5, 5.41) is 10.5. The fraction of sp³-hybridized carbons (Fsp3) is 0.250. The van der Waals surface area contributed by atoms with E-state index in [1.165, 1.54) is 6.07 Å². The van der Waals surface area contributed by atoms with Gasteiger partial charge < -0.3 is 14.3 Å². The first-order chi connectivity index (χ1) is 15.9. The summed E-state index contributed by atoms with van der Waals surface area (Å²) >= 11 is 0. The minimum Gasteiger partial charge on any atom is -0.497 e. The predicted octanol–water partition coefficient (Wildman–Crippen LogP) is 7.13. The molecule has 0 unspecified atom stereocenters. The number of benzene rings is 3. The summed E-state index contributed by atoms with van der Waals surface area (Å²) < 4.78 is 25.7. The monoisotopic (exact) mass is 444 g/mol. The molecule has 0 radical (unpaired) electrons. The van der Waals surface area contributed by atoms with Crippen molar-refractivity contribution in [3.05, 3.63) is 78.1 Å². The zero-order chi connectivity index (χ0) is 23.1. The van der Waals surface area contributed by atoms with Crippen molar-refractivity contribution in [1.29, 1.82) is 0 Å². The van der Waals surface area contributed by atoms with E-state index in [1.807, 2.05) is 48.5 Å². The lowest BCUT2D eigenvalue weighted by atomic mass is 9.83. The average molecular weight is 445 g/mol. The summed E-state index contributed by atoms with van der Waals surface area (Å²) in [4.78, 5) is 11.6. The zero-order valence-electron chi connectivity index (χ0n) is 18.5. The number of aliphatic carboxylic acids is 1. The molecule has 5 heteroatoms. The molecule has 3 aromatic carbocycles. The van der Waals surface area contributed by atoms with Crippen molar-refractivity contribution < 1.29 is 23.4 Å². The van der Waals surface area contributed by atoms with Crippen LogP contribution in [0.15, 0.2) is 71.1 Å². The molecule has 4 nitrogen and oxygen atoms in total. The van der Waals surface area contributed by atoms with Crippen molar-refractivity contribution in [2.24, 2.45) is 11.8 Å². The number of halogens is 1. The Morgan fingerprint density at radius 3 is 2.42 bits per heavy atom. The first-order valence-corrected chi connectivity index (χ1v) is 11.1. The summed E-state index contributed by atoms with van der Waals surface area (Å²) in [6, 6.07) is 20.2. The van der Waals surface area contributed by atoms with E-state index in [0.717, 1.165) is 40.5 Å². The Morgan fingerprint density at radius 1 is 1.03 bits per heavy atom. The van der Waals surface area contributed by atoms with Gasteiger partial charge in [0.25, 0.3) is 0 Å².